The monoisotopic (exact) mass is 214 g/mol. The van der Waals surface area contributed by atoms with Crippen molar-refractivity contribution < 1.29 is 0 Å². The Morgan fingerprint density at radius 1 is 1.00 bits per heavy atom. The molecule has 15 heavy (non-hydrogen) atoms. The van der Waals surface area contributed by atoms with Crippen molar-refractivity contribution >= 4 is 0 Å². The van der Waals surface area contributed by atoms with Gasteiger partial charge in [0.2, 0.25) is 0 Å². The van der Waals surface area contributed by atoms with Gasteiger partial charge in [-0.1, -0.05) is 34.6 Å². The topological polar surface area (TPSA) is 15.3 Å². The summed E-state index contributed by atoms with van der Waals surface area (Å²) in [4.78, 5) is 2.59. The molecular formula is C13H30N2. The Balaban J connectivity index is 3.72. The third-order valence-electron chi connectivity index (χ3n) is 2.52. The van der Waals surface area contributed by atoms with Crippen LogP contribution in [0.25, 0.3) is 0 Å². The van der Waals surface area contributed by atoms with E-state index in [0.29, 0.717) is 6.04 Å². The molecule has 0 aromatic heterocycles. The van der Waals surface area contributed by atoms with Gasteiger partial charge in [-0.15, -0.1) is 0 Å². The van der Waals surface area contributed by atoms with Crippen LogP contribution in [0.5, 0.6) is 0 Å². The molecule has 2 nitrogen and oxygen atoms in total. The Morgan fingerprint density at radius 3 is 1.93 bits per heavy atom. The van der Waals surface area contributed by atoms with Gasteiger partial charge >= 0.3 is 0 Å². The Bertz CT molecular complexity index is 128. The molecular weight excluding hydrogens is 184 g/mol. The molecule has 0 bridgehead atoms. The predicted molar refractivity (Wildman–Crippen MR) is 69.3 cm³/mol. The molecule has 1 N–H and O–H groups in total. The van der Waals surface area contributed by atoms with Crippen LogP contribution in [-0.2, 0) is 0 Å². The smallest absolute Gasteiger partial charge is 0.00191 e. The summed E-state index contributed by atoms with van der Waals surface area (Å²) in [6.45, 7) is 16.2. The van der Waals surface area contributed by atoms with Gasteiger partial charge < -0.3 is 10.2 Å². The van der Waals surface area contributed by atoms with Crippen LogP contribution in [0, 0.1) is 5.92 Å². The van der Waals surface area contributed by atoms with Crippen molar-refractivity contribution in [3.63, 3.8) is 0 Å². The molecule has 92 valence electrons. The molecule has 1 unspecified atom stereocenters. The second kappa shape index (κ2) is 9.17. The first-order valence-electron chi connectivity index (χ1n) is 6.55. The molecule has 0 rings (SSSR count). The lowest BCUT2D eigenvalue weighted by molar-refractivity contribution is 0.233. The second-order valence-corrected chi connectivity index (χ2v) is 4.97. The van der Waals surface area contributed by atoms with Gasteiger partial charge in [0.15, 0.2) is 0 Å². The van der Waals surface area contributed by atoms with E-state index in [1.54, 1.807) is 0 Å². The van der Waals surface area contributed by atoms with Gasteiger partial charge in [-0.3, -0.25) is 0 Å². The standard InChI is InChI=1S/C13H30N2/c1-6-8-15(9-7-2)11-13(5)10-14-12(3)4/h12-14H,6-11H2,1-5H3. The SMILES string of the molecule is CCCN(CCC)CC(C)CNC(C)C. The van der Waals surface area contributed by atoms with Crippen LogP contribution in [0.1, 0.15) is 47.5 Å². The number of hydrogen-bond acceptors (Lipinski definition) is 2. The highest BCUT2D eigenvalue weighted by Gasteiger charge is 2.08. The van der Waals surface area contributed by atoms with Crippen LogP contribution in [0.15, 0.2) is 0 Å². The van der Waals surface area contributed by atoms with Crippen molar-refractivity contribution in [3.8, 4) is 0 Å². The maximum atomic E-state index is 3.51. The molecule has 0 fully saturated rings. The van der Waals surface area contributed by atoms with E-state index in [2.05, 4.69) is 44.8 Å². The average Bonchev–Trinajstić information content (AvgIpc) is 2.15. The lowest BCUT2D eigenvalue weighted by atomic mass is 10.1. The van der Waals surface area contributed by atoms with Gasteiger partial charge in [-0.2, -0.15) is 0 Å². The van der Waals surface area contributed by atoms with E-state index in [0.717, 1.165) is 12.5 Å². The lowest BCUT2D eigenvalue weighted by Crippen LogP contribution is -2.36. The molecule has 0 saturated carbocycles. The van der Waals surface area contributed by atoms with Gasteiger partial charge in [0.25, 0.3) is 0 Å². The summed E-state index contributed by atoms with van der Waals surface area (Å²) < 4.78 is 0. The number of nitrogens with zero attached hydrogens (tertiary/aromatic N) is 1. The summed E-state index contributed by atoms with van der Waals surface area (Å²) in [5.41, 5.74) is 0. The van der Waals surface area contributed by atoms with E-state index < -0.39 is 0 Å². The van der Waals surface area contributed by atoms with E-state index in [4.69, 9.17) is 0 Å². The zero-order valence-electron chi connectivity index (χ0n) is 11.3. The molecule has 0 heterocycles. The Morgan fingerprint density at radius 2 is 1.53 bits per heavy atom. The predicted octanol–water partition coefficient (Wildman–Crippen LogP) is 2.74. The highest BCUT2D eigenvalue weighted by molar-refractivity contribution is 4.65. The van der Waals surface area contributed by atoms with Gasteiger partial charge in [0, 0.05) is 12.6 Å². The summed E-state index contributed by atoms with van der Waals surface area (Å²) >= 11 is 0. The van der Waals surface area contributed by atoms with Crippen LogP contribution in [0.3, 0.4) is 0 Å². The van der Waals surface area contributed by atoms with Crippen LogP contribution in [0.4, 0.5) is 0 Å². The molecule has 0 radical (unpaired) electrons. The first-order chi connectivity index (χ1) is 7.10. The summed E-state index contributed by atoms with van der Waals surface area (Å²) in [6.07, 6.45) is 2.54. The highest BCUT2D eigenvalue weighted by atomic mass is 15.1. The van der Waals surface area contributed by atoms with Crippen LogP contribution in [-0.4, -0.2) is 37.1 Å². The molecule has 0 saturated heterocycles. The van der Waals surface area contributed by atoms with E-state index in [1.807, 2.05) is 0 Å². The van der Waals surface area contributed by atoms with Gasteiger partial charge in [-0.25, -0.2) is 0 Å². The minimum Gasteiger partial charge on any atom is -0.314 e. The largest absolute Gasteiger partial charge is 0.314 e. The van der Waals surface area contributed by atoms with E-state index in [9.17, 15) is 0 Å². The number of nitrogens with one attached hydrogen (secondary N) is 1. The van der Waals surface area contributed by atoms with Crippen molar-refractivity contribution in [2.45, 2.75) is 53.5 Å². The molecule has 0 aliphatic carbocycles. The Kier molecular flexibility index (Phi) is 9.12. The zero-order chi connectivity index (χ0) is 11.7. The van der Waals surface area contributed by atoms with Crippen molar-refractivity contribution in [1.82, 2.24) is 10.2 Å². The second-order valence-electron chi connectivity index (χ2n) is 4.97. The first kappa shape index (κ1) is 14.9. The van der Waals surface area contributed by atoms with Crippen molar-refractivity contribution in [1.29, 1.82) is 0 Å². The average molecular weight is 214 g/mol. The molecule has 0 aliphatic heterocycles. The fraction of sp³-hybridized carbons (Fsp3) is 1.00. The quantitative estimate of drug-likeness (QED) is 0.635. The van der Waals surface area contributed by atoms with Crippen molar-refractivity contribution in [3.05, 3.63) is 0 Å². The molecule has 0 aromatic carbocycles. The minimum absolute atomic E-state index is 0.609. The summed E-state index contributed by atoms with van der Waals surface area (Å²) in [5, 5.41) is 3.51. The van der Waals surface area contributed by atoms with E-state index in [1.165, 1.54) is 32.5 Å². The minimum atomic E-state index is 0.609. The highest BCUT2D eigenvalue weighted by Crippen LogP contribution is 2.01. The van der Waals surface area contributed by atoms with E-state index >= 15 is 0 Å². The van der Waals surface area contributed by atoms with Crippen molar-refractivity contribution in [2.75, 3.05) is 26.2 Å². The Labute approximate surface area is 96.4 Å². The lowest BCUT2D eigenvalue weighted by Gasteiger charge is -2.25. The summed E-state index contributed by atoms with van der Waals surface area (Å²) in [7, 11) is 0. The Hall–Kier alpha value is -0.0800. The molecule has 0 aromatic rings. The summed E-state index contributed by atoms with van der Waals surface area (Å²) in [5.74, 6) is 0.755. The van der Waals surface area contributed by atoms with Crippen LogP contribution < -0.4 is 5.32 Å². The molecule has 2 heteroatoms. The maximum absolute atomic E-state index is 3.51. The van der Waals surface area contributed by atoms with Gasteiger partial charge in [-0.05, 0) is 38.4 Å². The fourth-order valence-electron chi connectivity index (χ4n) is 1.87. The molecule has 0 aliphatic rings. The third kappa shape index (κ3) is 8.88. The van der Waals surface area contributed by atoms with Gasteiger partial charge in [0.05, 0.1) is 0 Å². The number of hydrogen-bond donors (Lipinski definition) is 1. The molecule has 0 spiro atoms. The number of rotatable bonds is 9. The maximum Gasteiger partial charge on any atom is 0.00191 e. The fourth-order valence-corrected chi connectivity index (χ4v) is 1.87. The van der Waals surface area contributed by atoms with Crippen LogP contribution in [0.2, 0.25) is 0 Å². The summed E-state index contributed by atoms with van der Waals surface area (Å²) in [6, 6.07) is 0.609. The van der Waals surface area contributed by atoms with Crippen molar-refractivity contribution in [2.24, 2.45) is 5.92 Å². The van der Waals surface area contributed by atoms with Gasteiger partial charge in [0.1, 0.15) is 0 Å². The first-order valence-corrected chi connectivity index (χ1v) is 6.55. The molecule has 0 amide bonds. The van der Waals surface area contributed by atoms with Crippen LogP contribution >= 0.6 is 0 Å². The third-order valence-corrected chi connectivity index (χ3v) is 2.52. The zero-order valence-corrected chi connectivity index (χ0v) is 11.3. The molecule has 1 atom stereocenters. The van der Waals surface area contributed by atoms with E-state index in [-0.39, 0.29) is 0 Å². The normalized spacial score (nSPS) is 13.8.